The van der Waals surface area contributed by atoms with E-state index in [-0.39, 0.29) is 5.69 Å². The maximum atomic E-state index is 11.1. The van der Waals surface area contributed by atoms with Crippen molar-refractivity contribution in [3.05, 3.63) is 70.7 Å². The molecule has 0 spiro atoms. The minimum Gasteiger partial charge on any atom is -0.476 e. The second-order valence-corrected chi connectivity index (χ2v) is 7.01. The van der Waals surface area contributed by atoms with Gasteiger partial charge in [-0.15, -0.1) is 11.3 Å². The molecule has 0 saturated carbocycles. The van der Waals surface area contributed by atoms with E-state index in [1.54, 1.807) is 5.38 Å². The molecule has 0 bridgehead atoms. The fourth-order valence-corrected chi connectivity index (χ4v) is 4.20. The Morgan fingerprint density at radius 3 is 2.80 bits per heavy atom. The first-order valence-corrected chi connectivity index (χ1v) is 9.20. The molecule has 0 aliphatic carbocycles. The molecule has 0 saturated heterocycles. The number of carbonyl (C=O) groups is 1. The maximum Gasteiger partial charge on any atom is 0.355 e. The van der Waals surface area contributed by atoms with Crippen molar-refractivity contribution in [1.29, 1.82) is 0 Å². The van der Waals surface area contributed by atoms with Crippen LogP contribution in [0.25, 0.3) is 10.6 Å². The van der Waals surface area contributed by atoms with Gasteiger partial charge in [-0.2, -0.15) is 0 Å². The normalized spacial score (nSPS) is 13.5. The zero-order valence-corrected chi connectivity index (χ0v) is 14.5. The van der Waals surface area contributed by atoms with E-state index in [4.69, 9.17) is 5.11 Å². The zero-order chi connectivity index (χ0) is 17.2. The highest BCUT2D eigenvalue weighted by Gasteiger charge is 2.19. The van der Waals surface area contributed by atoms with Crippen LogP contribution in [0.5, 0.6) is 0 Å². The average molecular weight is 350 g/mol. The molecule has 1 aliphatic rings. The molecule has 126 valence electrons. The number of rotatable bonds is 4. The number of aromatic nitrogens is 1. The number of anilines is 1. The number of carboxylic acids is 1. The molecular formula is C20H18N2O2S. The van der Waals surface area contributed by atoms with E-state index in [1.807, 2.05) is 18.2 Å². The summed E-state index contributed by atoms with van der Waals surface area (Å²) in [6.45, 7) is 1.83. The van der Waals surface area contributed by atoms with Gasteiger partial charge < -0.3 is 10.0 Å². The van der Waals surface area contributed by atoms with Gasteiger partial charge >= 0.3 is 5.97 Å². The summed E-state index contributed by atoms with van der Waals surface area (Å²) in [5.74, 6) is -0.982. The molecule has 0 atom stereocenters. The van der Waals surface area contributed by atoms with Crippen LogP contribution in [-0.4, -0.2) is 22.6 Å². The Balaban J connectivity index is 1.67. The highest BCUT2D eigenvalue weighted by Crippen LogP contribution is 2.32. The molecule has 1 N–H and O–H groups in total. The van der Waals surface area contributed by atoms with E-state index >= 15 is 0 Å². The molecule has 4 rings (SSSR count). The van der Waals surface area contributed by atoms with Crippen molar-refractivity contribution >= 4 is 23.0 Å². The number of thiazole rings is 1. The number of aryl methyl sites for hydroxylation is 1. The van der Waals surface area contributed by atoms with Gasteiger partial charge in [-0.05, 0) is 30.0 Å². The molecule has 0 radical (unpaired) electrons. The van der Waals surface area contributed by atoms with Gasteiger partial charge in [0, 0.05) is 29.7 Å². The van der Waals surface area contributed by atoms with Crippen LogP contribution in [-0.2, 0) is 13.0 Å². The van der Waals surface area contributed by atoms with Crippen LogP contribution in [0.4, 0.5) is 5.69 Å². The highest BCUT2D eigenvalue weighted by atomic mass is 32.1. The first-order valence-electron chi connectivity index (χ1n) is 8.32. The van der Waals surface area contributed by atoms with Crippen molar-refractivity contribution in [3.8, 4) is 10.6 Å². The van der Waals surface area contributed by atoms with Crippen LogP contribution < -0.4 is 4.90 Å². The first kappa shape index (κ1) is 15.8. The lowest BCUT2D eigenvalue weighted by molar-refractivity contribution is 0.0691. The standard InChI is InChI=1S/C20H18N2O2S/c23-20(24)17-13-25-19(21-17)16-9-3-1-7-15(16)12-22-11-5-8-14-6-2-4-10-18(14)22/h1-4,6-7,9-10,13H,5,8,11-12H2,(H,23,24). The van der Waals surface area contributed by atoms with Crippen molar-refractivity contribution in [3.63, 3.8) is 0 Å². The lowest BCUT2D eigenvalue weighted by Gasteiger charge is -2.31. The van der Waals surface area contributed by atoms with Gasteiger partial charge in [0.05, 0.1) is 0 Å². The Kier molecular flexibility index (Phi) is 4.24. The molecule has 0 unspecified atom stereocenters. The van der Waals surface area contributed by atoms with Gasteiger partial charge in [-0.1, -0.05) is 42.5 Å². The second kappa shape index (κ2) is 6.69. The molecule has 3 aromatic rings. The largest absolute Gasteiger partial charge is 0.476 e. The Labute approximate surface area is 150 Å². The number of para-hydroxylation sites is 1. The van der Waals surface area contributed by atoms with Crippen molar-refractivity contribution in [2.24, 2.45) is 0 Å². The number of nitrogens with zero attached hydrogens (tertiary/aromatic N) is 2. The number of benzene rings is 2. The van der Waals surface area contributed by atoms with Crippen LogP contribution in [0.15, 0.2) is 53.9 Å². The molecule has 1 aliphatic heterocycles. The lowest BCUT2D eigenvalue weighted by Crippen LogP contribution is -2.28. The van der Waals surface area contributed by atoms with E-state index in [2.05, 4.69) is 40.2 Å². The van der Waals surface area contributed by atoms with Crippen molar-refractivity contribution < 1.29 is 9.90 Å². The Bertz CT molecular complexity index is 919. The minimum absolute atomic E-state index is 0.109. The summed E-state index contributed by atoms with van der Waals surface area (Å²) in [4.78, 5) is 17.8. The first-order chi connectivity index (χ1) is 12.2. The smallest absolute Gasteiger partial charge is 0.355 e. The molecule has 1 aromatic heterocycles. The van der Waals surface area contributed by atoms with Crippen LogP contribution >= 0.6 is 11.3 Å². The van der Waals surface area contributed by atoms with Gasteiger partial charge in [-0.3, -0.25) is 0 Å². The third-order valence-corrected chi connectivity index (χ3v) is 5.41. The SMILES string of the molecule is O=C(O)c1csc(-c2ccccc2CN2CCCc3ccccc32)n1. The predicted molar refractivity (Wildman–Crippen MR) is 100 cm³/mol. The quantitative estimate of drug-likeness (QED) is 0.755. The van der Waals surface area contributed by atoms with Gasteiger partial charge in [0.2, 0.25) is 0 Å². The summed E-state index contributed by atoms with van der Waals surface area (Å²) in [5, 5.41) is 11.5. The second-order valence-electron chi connectivity index (χ2n) is 6.15. The van der Waals surface area contributed by atoms with Gasteiger partial charge in [0.1, 0.15) is 5.01 Å². The fraction of sp³-hybridized carbons (Fsp3) is 0.200. The maximum absolute atomic E-state index is 11.1. The van der Waals surface area contributed by atoms with Gasteiger partial charge in [0.25, 0.3) is 0 Å². The number of hydrogen-bond donors (Lipinski definition) is 1. The summed E-state index contributed by atoms with van der Waals surface area (Å²) >= 11 is 1.38. The monoisotopic (exact) mass is 350 g/mol. The molecule has 2 aromatic carbocycles. The van der Waals surface area contributed by atoms with E-state index in [9.17, 15) is 4.79 Å². The zero-order valence-electron chi connectivity index (χ0n) is 13.7. The van der Waals surface area contributed by atoms with Crippen molar-refractivity contribution in [2.75, 3.05) is 11.4 Å². The summed E-state index contributed by atoms with van der Waals surface area (Å²) in [6.07, 6.45) is 2.28. The fourth-order valence-electron chi connectivity index (χ4n) is 3.34. The van der Waals surface area contributed by atoms with Gasteiger partial charge in [-0.25, -0.2) is 9.78 Å². The Morgan fingerprint density at radius 2 is 1.96 bits per heavy atom. The topological polar surface area (TPSA) is 53.4 Å². The van der Waals surface area contributed by atoms with Crippen molar-refractivity contribution in [1.82, 2.24) is 4.98 Å². The van der Waals surface area contributed by atoms with Crippen LogP contribution in [0, 0.1) is 0 Å². The van der Waals surface area contributed by atoms with E-state index in [0.29, 0.717) is 0 Å². The average Bonchev–Trinajstić information content (AvgIpc) is 3.13. The minimum atomic E-state index is -0.982. The van der Waals surface area contributed by atoms with Gasteiger partial charge in [0.15, 0.2) is 5.69 Å². The van der Waals surface area contributed by atoms with Crippen molar-refractivity contribution in [2.45, 2.75) is 19.4 Å². The summed E-state index contributed by atoms with van der Waals surface area (Å²) < 4.78 is 0. The summed E-state index contributed by atoms with van der Waals surface area (Å²) in [5.41, 5.74) is 4.99. The molecule has 2 heterocycles. The molecule has 25 heavy (non-hydrogen) atoms. The third kappa shape index (κ3) is 3.15. The molecule has 0 fully saturated rings. The van der Waals surface area contributed by atoms with Crippen LogP contribution in [0.2, 0.25) is 0 Å². The van der Waals surface area contributed by atoms with Crippen LogP contribution in [0.3, 0.4) is 0 Å². The van der Waals surface area contributed by atoms with E-state index < -0.39 is 5.97 Å². The molecule has 0 amide bonds. The van der Waals surface area contributed by atoms with E-state index in [0.717, 1.165) is 36.5 Å². The molecule has 5 heteroatoms. The summed E-state index contributed by atoms with van der Waals surface area (Å²) in [6, 6.07) is 16.7. The molecular weight excluding hydrogens is 332 g/mol. The number of aromatic carboxylic acids is 1. The van der Waals surface area contributed by atoms with Crippen LogP contribution in [0.1, 0.15) is 28.0 Å². The lowest BCUT2D eigenvalue weighted by atomic mass is 10.00. The van der Waals surface area contributed by atoms with E-state index in [1.165, 1.54) is 28.2 Å². The number of carboxylic acid groups (broad SMARTS) is 1. The molecule has 4 nitrogen and oxygen atoms in total. The Hall–Kier alpha value is -2.66. The number of hydrogen-bond acceptors (Lipinski definition) is 4. The Morgan fingerprint density at radius 1 is 1.16 bits per heavy atom. The highest BCUT2D eigenvalue weighted by molar-refractivity contribution is 7.13. The third-order valence-electron chi connectivity index (χ3n) is 4.54. The number of fused-ring (bicyclic) bond motifs is 1. The summed E-state index contributed by atoms with van der Waals surface area (Å²) in [7, 11) is 0. The predicted octanol–water partition coefficient (Wildman–Crippen LogP) is 4.46.